The molecule has 0 saturated carbocycles. The Morgan fingerprint density at radius 2 is 2.15 bits per heavy atom. The molecule has 0 radical (unpaired) electrons. The number of aryl methyl sites for hydroxylation is 2. The normalized spacial score (nSPS) is 22.0. The average Bonchev–Trinajstić information content (AvgIpc) is 3.16. The minimum Gasteiger partial charge on any atom is -0.379 e. The third-order valence-electron chi connectivity index (χ3n) is 5.14. The molecule has 4 rings (SSSR count). The number of nitrogens with zero attached hydrogens (tertiary/aromatic N) is 1. The summed E-state index contributed by atoms with van der Waals surface area (Å²) in [5.74, 6) is -0.0540. The molecule has 5 heteroatoms. The molecular formula is C21H24N2O3. The highest BCUT2D eigenvalue weighted by Crippen LogP contribution is 2.23. The summed E-state index contributed by atoms with van der Waals surface area (Å²) in [5, 5.41) is 3.10. The van der Waals surface area contributed by atoms with Crippen LogP contribution in [0.3, 0.4) is 0 Å². The van der Waals surface area contributed by atoms with Gasteiger partial charge in [-0.2, -0.15) is 0 Å². The number of aromatic nitrogens is 1. The third kappa shape index (κ3) is 3.94. The highest BCUT2D eigenvalue weighted by atomic mass is 16.5. The number of carbonyl (C=O) groups excluding carboxylic acids is 1. The summed E-state index contributed by atoms with van der Waals surface area (Å²) in [4.78, 5) is 17.0. The van der Waals surface area contributed by atoms with Gasteiger partial charge in [0.1, 0.15) is 0 Å². The lowest BCUT2D eigenvalue weighted by Crippen LogP contribution is -2.50. The molecule has 1 saturated heterocycles. The number of carbonyl (C=O) groups is 1. The first-order valence-corrected chi connectivity index (χ1v) is 9.31. The molecule has 1 amide bonds. The number of pyridine rings is 1. The number of amides is 1. The first-order chi connectivity index (χ1) is 12.8. The predicted octanol–water partition coefficient (Wildman–Crippen LogP) is 2.67. The summed E-state index contributed by atoms with van der Waals surface area (Å²) in [6.07, 6.45) is 5.83. The van der Waals surface area contributed by atoms with Crippen molar-refractivity contribution in [1.82, 2.24) is 10.3 Å². The van der Waals surface area contributed by atoms with E-state index in [4.69, 9.17) is 9.47 Å². The number of hydrogen-bond acceptors (Lipinski definition) is 4. The third-order valence-corrected chi connectivity index (χ3v) is 5.14. The Morgan fingerprint density at radius 3 is 3.04 bits per heavy atom. The van der Waals surface area contributed by atoms with Gasteiger partial charge in [0.25, 0.3) is 5.91 Å². The van der Waals surface area contributed by atoms with Crippen LogP contribution in [-0.2, 0) is 28.9 Å². The van der Waals surface area contributed by atoms with Crippen molar-refractivity contribution >= 4 is 5.91 Å². The van der Waals surface area contributed by atoms with Crippen molar-refractivity contribution < 1.29 is 14.3 Å². The van der Waals surface area contributed by atoms with Crippen LogP contribution in [0.1, 0.15) is 40.0 Å². The molecule has 0 unspecified atom stereocenters. The van der Waals surface area contributed by atoms with E-state index in [9.17, 15) is 4.79 Å². The summed E-state index contributed by atoms with van der Waals surface area (Å²) in [6.45, 7) is 1.57. The molecule has 2 aliphatic rings. The minimum atomic E-state index is -0.145. The van der Waals surface area contributed by atoms with Gasteiger partial charge in [-0.25, -0.2) is 0 Å². The van der Waals surface area contributed by atoms with Gasteiger partial charge in [-0.1, -0.05) is 12.1 Å². The Balaban J connectivity index is 1.39. The molecular weight excluding hydrogens is 328 g/mol. The molecule has 1 fully saturated rings. The molecule has 1 aliphatic heterocycles. The zero-order valence-electron chi connectivity index (χ0n) is 14.8. The van der Waals surface area contributed by atoms with Crippen LogP contribution in [-0.4, -0.2) is 36.3 Å². The maximum atomic E-state index is 12.7. The van der Waals surface area contributed by atoms with E-state index in [1.807, 2.05) is 30.3 Å². The second-order valence-corrected chi connectivity index (χ2v) is 6.95. The Labute approximate surface area is 153 Å². The highest BCUT2D eigenvalue weighted by molar-refractivity contribution is 5.94. The molecule has 5 nitrogen and oxygen atoms in total. The number of fused-ring (bicyclic) bond motifs is 1. The lowest BCUT2D eigenvalue weighted by atomic mass is 10.0. The molecule has 1 aromatic carbocycles. The molecule has 136 valence electrons. The van der Waals surface area contributed by atoms with Gasteiger partial charge in [0.15, 0.2) is 0 Å². The molecule has 1 aliphatic carbocycles. The van der Waals surface area contributed by atoms with E-state index >= 15 is 0 Å². The number of nitrogens with one attached hydrogen (secondary N) is 1. The lowest BCUT2D eigenvalue weighted by Gasteiger charge is -2.32. The molecule has 0 spiro atoms. The first-order valence-electron chi connectivity index (χ1n) is 9.31. The van der Waals surface area contributed by atoms with Crippen LogP contribution in [0.4, 0.5) is 0 Å². The van der Waals surface area contributed by atoms with E-state index in [0.29, 0.717) is 19.8 Å². The minimum absolute atomic E-state index is 0.0540. The number of benzene rings is 1. The lowest BCUT2D eigenvalue weighted by molar-refractivity contribution is -0.0612. The molecule has 2 aromatic rings. The van der Waals surface area contributed by atoms with E-state index in [0.717, 1.165) is 30.5 Å². The van der Waals surface area contributed by atoms with Gasteiger partial charge in [0, 0.05) is 18.4 Å². The van der Waals surface area contributed by atoms with Crippen molar-refractivity contribution in [1.29, 1.82) is 0 Å². The van der Waals surface area contributed by atoms with Crippen molar-refractivity contribution in [2.75, 3.05) is 13.2 Å². The quantitative estimate of drug-likeness (QED) is 0.899. The van der Waals surface area contributed by atoms with Crippen LogP contribution in [0.15, 0.2) is 42.6 Å². The monoisotopic (exact) mass is 352 g/mol. The maximum absolute atomic E-state index is 12.7. The van der Waals surface area contributed by atoms with Crippen LogP contribution in [0, 0.1) is 0 Å². The van der Waals surface area contributed by atoms with Crippen molar-refractivity contribution in [3.05, 3.63) is 65.0 Å². The van der Waals surface area contributed by atoms with E-state index in [-0.39, 0.29) is 18.1 Å². The van der Waals surface area contributed by atoms with E-state index < -0.39 is 0 Å². The fourth-order valence-corrected chi connectivity index (χ4v) is 3.69. The van der Waals surface area contributed by atoms with Crippen molar-refractivity contribution in [2.24, 2.45) is 0 Å². The number of hydrogen-bond donors (Lipinski definition) is 1. The Morgan fingerprint density at radius 1 is 1.23 bits per heavy atom. The summed E-state index contributed by atoms with van der Waals surface area (Å²) < 4.78 is 11.6. The second kappa shape index (κ2) is 7.98. The smallest absolute Gasteiger partial charge is 0.251 e. The van der Waals surface area contributed by atoms with Gasteiger partial charge in [-0.15, -0.1) is 0 Å². The van der Waals surface area contributed by atoms with Crippen molar-refractivity contribution in [3.63, 3.8) is 0 Å². The number of ether oxygens (including phenoxy) is 2. The van der Waals surface area contributed by atoms with E-state index in [1.165, 1.54) is 17.5 Å². The Hall–Kier alpha value is -2.24. The summed E-state index contributed by atoms with van der Waals surface area (Å²) >= 11 is 0. The molecule has 1 N–H and O–H groups in total. The standard InChI is InChI=1S/C21H24N2O3/c24-21(17-8-7-15-4-3-5-16(15)12-17)23-19-14-25-11-9-20(19)26-13-18-6-1-2-10-22-18/h1-2,6-8,10,12,19-20H,3-5,9,11,13-14H2,(H,23,24)/t19-,20-/m1/s1. The summed E-state index contributed by atoms with van der Waals surface area (Å²) in [5.41, 5.74) is 4.29. The van der Waals surface area contributed by atoms with Crippen LogP contribution in [0.25, 0.3) is 0 Å². The molecule has 26 heavy (non-hydrogen) atoms. The second-order valence-electron chi connectivity index (χ2n) is 6.95. The molecule has 0 bridgehead atoms. The van der Waals surface area contributed by atoms with Gasteiger partial charge >= 0.3 is 0 Å². The summed E-state index contributed by atoms with van der Waals surface area (Å²) in [6, 6.07) is 11.7. The first kappa shape index (κ1) is 17.2. The predicted molar refractivity (Wildman–Crippen MR) is 98.0 cm³/mol. The molecule has 1 aromatic heterocycles. The SMILES string of the molecule is O=C(N[C@@H]1COCC[C@H]1OCc1ccccn1)c1ccc2c(c1)CCC2. The van der Waals surface area contributed by atoms with E-state index in [1.54, 1.807) is 6.20 Å². The summed E-state index contributed by atoms with van der Waals surface area (Å²) in [7, 11) is 0. The fourth-order valence-electron chi connectivity index (χ4n) is 3.69. The maximum Gasteiger partial charge on any atom is 0.251 e. The van der Waals surface area contributed by atoms with Gasteiger partial charge in [0.2, 0.25) is 0 Å². The van der Waals surface area contributed by atoms with Crippen LogP contribution in [0.2, 0.25) is 0 Å². The Bertz CT molecular complexity index is 763. The fraction of sp³-hybridized carbons (Fsp3) is 0.429. The topological polar surface area (TPSA) is 60.5 Å². The van der Waals surface area contributed by atoms with Gasteiger partial charge in [-0.05, 0) is 61.1 Å². The van der Waals surface area contributed by atoms with Crippen LogP contribution >= 0.6 is 0 Å². The van der Waals surface area contributed by atoms with Crippen molar-refractivity contribution in [3.8, 4) is 0 Å². The van der Waals surface area contributed by atoms with E-state index in [2.05, 4.69) is 16.4 Å². The zero-order valence-corrected chi connectivity index (χ0v) is 14.8. The molecule has 2 atom stereocenters. The van der Waals surface area contributed by atoms with Gasteiger partial charge < -0.3 is 14.8 Å². The number of rotatable bonds is 5. The van der Waals surface area contributed by atoms with Gasteiger partial charge in [0.05, 0.1) is 31.1 Å². The zero-order chi connectivity index (χ0) is 17.8. The van der Waals surface area contributed by atoms with Gasteiger partial charge in [-0.3, -0.25) is 9.78 Å². The molecule has 2 heterocycles. The highest BCUT2D eigenvalue weighted by Gasteiger charge is 2.28. The Kier molecular flexibility index (Phi) is 5.27. The van der Waals surface area contributed by atoms with Crippen LogP contribution < -0.4 is 5.32 Å². The average molecular weight is 352 g/mol. The largest absolute Gasteiger partial charge is 0.379 e. The van der Waals surface area contributed by atoms with Crippen molar-refractivity contribution in [2.45, 2.75) is 44.4 Å². The van der Waals surface area contributed by atoms with Crippen LogP contribution in [0.5, 0.6) is 0 Å².